The minimum Gasteiger partial charge on any atom is -0.444 e. The second kappa shape index (κ2) is 14.2. The molecule has 0 saturated heterocycles. The Hall–Kier alpha value is -2.66. The van der Waals surface area contributed by atoms with E-state index >= 15 is 0 Å². The maximum Gasteiger partial charge on any atom is 0.408 e. The number of terminal acetylenes is 1. The van der Waals surface area contributed by atoms with E-state index < -0.39 is 23.8 Å². The third kappa shape index (κ3) is 9.09. The molecule has 1 saturated carbocycles. The van der Waals surface area contributed by atoms with Crippen molar-refractivity contribution < 1.29 is 19.1 Å². The Bertz CT molecular complexity index is 914. The van der Waals surface area contributed by atoms with Crippen molar-refractivity contribution in [3.63, 3.8) is 0 Å². The SMILES string of the molecule is C#Cc1ccc(C(C(=O)NC2CCCCC2)N(CC)C(=O)C(CCSC)NC(=O)OC(C)(C)C)cc1. The molecule has 0 spiro atoms. The number of carbonyl (C=O) groups is 3. The second-order valence-corrected chi connectivity index (χ2v) is 11.1. The van der Waals surface area contributed by atoms with Crippen molar-refractivity contribution in [1.29, 1.82) is 0 Å². The molecule has 2 atom stereocenters. The topological polar surface area (TPSA) is 87.7 Å². The van der Waals surface area contributed by atoms with Crippen molar-refractivity contribution in [2.24, 2.45) is 0 Å². The number of nitrogens with zero attached hydrogens (tertiary/aromatic N) is 1. The molecule has 1 aliphatic rings. The molecule has 1 aromatic carbocycles. The Kier molecular flexibility index (Phi) is 11.6. The Balaban J connectivity index is 2.36. The fourth-order valence-corrected chi connectivity index (χ4v) is 4.84. The number of hydrogen-bond donors (Lipinski definition) is 2. The molecule has 0 heterocycles. The summed E-state index contributed by atoms with van der Waals surface area (Å²) in [6.07, 6.45) is 12.4. The number of amides is 3. The Morgan fingerprint density at radius 1 is 1.17 bits per heavy atom. The van der Waals surface area contributed by atoms with Crippen LogP contribution < -0.4 is 10.6 Å². The third-order valence-corrected chi connectivity index (χ3v) is 6.77. The summed E-state index contributed by atoms with van der Waals surface area (Å²) in [6.45, 7) is 7.46. The van der Waals surface area contributed by atoms with Gasteiger partial charge in [-0.15, -0.1) is 6.42 Å². The lowest BCUT2D eigenvalue weighted by molar-refractivity contribution is -0.142. The molecule has 0 aliphatic heterocycles. The predicted molar refractivity (Wildman–Crippen MR) is 146 cm³/mol. The Morgan fingerprint density at radius 3 is 2.33 bits per heavy atom. The van der Waals surface area contributed by atoms with Gasteiger partial charge in [0.05, 0.1) is 0 Å². The van der Waals surface area contributed by atoms with Gasteiger partial charge in [0.15, 0.2) is 0 Å². The first-order chi connectivity index (χ1) is 17.1. The van der Waals surface area contributed by atoms with Gasteiger partial charge in [-0.2, -0.15) is 11.8 Å². The molecule has 7 nitrogen and oxygen atoms in total. The van der Waals surface area contributed by atoms with Crippen LogP contribution in [0.15, 0.2) is 24.3 Å². The van der Waals surface area contributed by atoms with Crippen LogP contribution >= 0.6 is 11.8 Å². The molecule has 1 aliphatic carbocycles. The number of alkyl carbamates (subject to hydrolysis) is 1. The van der Waals surface area contributed by atoms with Crippen LogP contribution in [-0.2, 0) is 14.3 Å². The van der Waals surface area contributed by atoms with Crippen LogP contribution in [0, 0.1) is 12.3 Å². The fraction of sp³-hybridized carbons (Fsp3) is 0.607. The van der Waals surface area contributed by atoms with Crippen LogP contribution in [-0.4, -0.2) is 59.0 Å². The maximum absolute atomic E-state index is 13.9. The zero-order valence-corrected chi connectivity index (χ0v) is 23.1. The number of nitrogens with one attached hydrogen (secondary N) is 2. The van der Waals surface area contributed by atoms with Gasteiger partial charge in [0, 0.05) is 18.2 Å². The molecule has 0 bridgehead atoms. The van der Waals surface area contributed by atoms with Gasteiger partial charge in [-0.1, -0.05) is 37.3 Å². The summed E-state index contributed by atoms with van der Waals surface area (Å²) in [5.74, 6) is 2.72. The molecule has 0 radical (unpaired) electrons. The van der Waals surface area contributed by atoms with Crippen molar-refractivity contribution in [2.45, 2.75) is 89.9 Å². The molecule has 2 N–H and O–H groups in total. The van der Waals surface area contributed by atoms with E-state index in [1.54, 1.807) is 61.7 Å². The van der Waals surface area contributed by atoms with E-state index in [-0.39, 0.29) is 17.9 Å². The highest BCUT2D eigenvalue weighted by molar-refractivity contribution is 7.98. The predicted octanol–water partition coefficient (Wildman–Crippen LogP) is 4.65. The highest BCUT2D eigenvalue weighted by Crippen LogP contribution is 2.25. The monoisotopic (exact) mass is 515 g/mol. The summed E-state index contributed by atoms with van der Waals surface area (Å²) in [4.78, 5) is 41.6. The van der Waals surface area contributed by atoms with Gasteiger partial charge in [-0.05, 0) is 76.7 Å². The lowest BCUT2D eigenvalue weighted by Gasteiger charge is -2.35. The fourth-order valence-electron chi connectivity index (χ4n) is 4.37. The maximum atomic E-state index is 13.9. The van der Waals surface area contributed by atoms with E-state index in [2.05, 4.69) is 16.6 Å². The van der Waals surface area contributed by atoms with Gasteiger partial charge in [0.1, 0.15) is 17.7 Å². The van der Waals surface area contributed by atoms with E-state index in [0.29, 0.717) is 29.8 Å². The van der Waals surface area contributed by atoms with Crippen molar-refractivity contribution in [3.8, 4) is 12.3 Å². The number of benzene rings is 1. The standard InChI is InChI=1S/C28H41N3O4S/c1-7-20-14-16-21(17-15-20)24(25(32)29-22-12-10-9-11-13-22)31(8-2)26(33)23(18-19-36-6)30-27(34)35-28(3,4)5/h1,14-17,22-24H,8-13,18-19H2,2-6H3,(H,29,32)(H,30,34). The number of ether oxygens (including phenoxy) is 1. The number of carbonyl (C=O) groups excluding carboxylic acids is 3. The highest BCUT2D eigenvalue weighted by Gasteiger charge is 2.36. The molecular formula is C28H41N3O4S. The first-order valence-electron chi connectivity index (χ1n) is 12.8. The zero-order valence-electron chi connectivity index (χ0n) is 22.3. The Labute approximate surface area is 220 Å². The number of rotatable bonds is 10. The minimum atomic E-state index is -0.839. The van der Waals surface area contributed by atoms with Crippen LogP contribution in [0.4, 0.5) is 4.79 Å². The zero-order chi connectivity index (χ0) is 26.7. The normalized spacial score (nSPS) is 15.8. The quantitative estimate of drug-likeness (QED) is 0.443. The highest BCUT2D eigenvalue weighted by atomic mass is 32.2. The van der Waals surface area contributed by atoms with Crippen molar-refractivity contribution in [3.05, 3.63) is 35.4 Å². The summed E-state index contributed by atoms with van der Waals surface area (Å²) >= 11 is 1.58. The molecule has 0 aromatic heterocycles. The smallest absolute Gasteiger partial charge is 0.408 e. The minimum absolute atomic E-state index is 0.0970. The Morgan fingerprint density at radius 2 is 1.81 bits per heavy atom. The summed E-state index contributed by atoms with van der Waals surface area (Å²) in [5, 5.41) is 5.92. The van der Waals surface area contributed by atoms with E-state index in [0.717, 1.165) is 25.7 Å². The van der Waals surface area contributed by atoms with Crippen molar-refractivity contribution in [1.82, 2.24) is 15.5 Å². The number of thioether (sulfide) groups is 1. The molecule has 3 amide bonds. The molecule has 2 unspecified atom stereocenters. The molecule has 36 heavy (non-hydrogen) atoms. The van der Waals surface area contributed by atoms with Gasteiger partial charge in [0.25, 0.3) is 0 Å². The van der Waals surface area contributed by atoms with Gasteiger partial charge in [-0.3, -0.25) is 9.59 Å². The molecule has 2 rings (SSSR count). The van der Waals surface area contributed by atoms with Gasteiger partial charge < -0.3 is 20.3 Å². The third-order valence-electron chi connectivity index (χ3n) is 6.13. The first kappa shape index (κ1) is 29.6. The summed E-state index contributed by atoms with van der Waals surface area (Å²) in [6, 6.07) is 5.59. The molecular weight excluding hydrogens is 474 g/mol. The molecule has 198 valence electrons. The van der Waals surface area contributed by atoms with E-state index in [1.807, 2.05) is 13.2 Å². The van der Waals surface area contributed by atoms with Crippen LogP contribution in [0.2, 0.25) is 0 Å². The molecule has 1 aromatic rings. The average molecular weight is 516 g/mol. The second-order valence-electron chi connectivity index (χ2n) is 10.1. The first-order valence-corrected chi connectivity index (χ1v) is 14.1. The van der Waals surface area contributed by atoms with Crippen LogP contribution in [0.5, 0.6) is 0 Å². The largest absolute Gasteiger partial charge is 0.444 e. The van der Waals surface area contributed by atoms with Crippen LogP contribution in [0.25, 0.3) is 0 Å². The van der Waals surface area contributed by atoms with Crippen LogP contribution in [0.1, 0.15) is 83.4 Å². The number of hydrogen-bond acceptors (Lipinski definition) is 5. The summed E-state index contributed by atoms with van der Waals surface area (Å²) in [7, 11) is 0. The lowest BCUT2D eigenvalue weighted by atomic mass is 9.94. The van der Waals surface area contributed by atoms with Gasteiger partial charge >= 0.3 is 6.09 Å². The van der Waals surface area contributed by atoms with Crippen LogP contribution in [0.3, 0.4) is 0 Å². The van der Waals surface area contributed by atoms with E-state index in [4.69, 9.17) is 11.2 Å². The van der Waals surface area contributed by atoms with Gasteiger partial charge in [-0.25, -0.2) is 4.79 Å². The summed E-state index contributed by atoms with van der Waals surface area (Å²) in [5.41, 5.74) is 0.686. The van der Waals surface area contributed by atoms with Crippen molar-refractivity contribution in [2.75, 3.05) is 18.6 Å². The molecule has 8 heteroatoms. The average Bonchev–Trinajstić information content (AvgIpc) is 2.84. The lowest BCUT2D eigenvalue weighted by Crippen LogP contribution is -2.54. The number of likely N-dealkylation sites (N-methyl/N-ethyl adjacent to an activating group) is 1. The molecule has 1 fully saturated rings. The summed E-state index contributed by atoms with van der Waals surface area (Å²) < 4.78 is 5.40. The van der Waals surface area contributed by atoms with Gasteiger partial charge in [0.2, 0.25) is 11.8 Å². The van der Waals surface area contributed by atoms with Crippen molar-refractivity contribution >= 4 is 29.7 Å². The van der Waals surface area contributed by atoms with E-state index in [9.17, 15) is 14.4 Å². The van der Waals surface area contributed by atoms with E-state index in [1.165, 1.54) is 6.42 Å².